The molecular weight excluding hydrogens is 308 g/mol. The molecular formula is C16H22N6O2. The number of rotatable bonds is 2. The summed E-state index contributed by atoms with van der Waals surface area (Å²) in [5.74, 6) is 0.0822. The Morgan fingerprint density at radius 1 is 1.21 bits per heavy atom. The van der Waals surface area contributed by atoms with Gasteiger partial charge in [0.15, 0.2) is 0 Å². The number of likely N-dealkylation sites (N-methyl/N-ethyl adjacent to an activating group) is 1. The van der Waals surface area contributed by atoms with Gasteiger partial charge in [-0.05, 0) is 33.9 Å². The number of hydrogen-bond donors (Lipinski definition) is 1. The highest BCUT2D eigenvalue weighted by Gasteiger charge is 2.28. The van der Waals surface area contributed by atoms with E-state index in [0.29, 0.717) is 6.54 Å². The van der Waals surface area contributed by atoms with Gasteiger partial charge in [-0.1, -0.05) is 0 Å². The summed E-state index contributed by atoms with van der Waals surface area (Å²) in [5.41, 5.74) is 1.45. The fourth-order valence-electron chi connectivity index (χ4n) is 3.06. The van der Waals surface area contributed by atoms with Crippen LogP contribution in [-0.2, 0) is 0 Å². The highest BCUT2D eigenvalue weighted by atomic mass is 16.2. The molecule has 1 unspecified atom stereocenters. The van der Waals surface area contributed by atoms with Crippen LogP contribution < -0.4 is 5.56 Å². The minimum atomic E-state index is -0.342. The molecule has 1 saturated heterocycles. The molecule has 1 fully saturated rings. The van der Waals surface area contributed by atoms with Crippen molar-refractivity contribution >= 4 is 5.91 Å². The molecule has 0 aromatic carbocycles. The number of carbonyl (C=O) groups excluding carboxylic acids is 1. The third kappa shape index (κ3) is 3.09. The third-order valence-electron chi connectivity index (χ3n) is 4.21. The van der Waals surface area contributed by atoms with Crippen LogP contribution in [0.2, 0.25) is 0 Å². The van der Waals surface area contributed by atoms with E-state index in [2.05, 4.69) is 20.0 Å². The smallest absolute Gasteiger partial charge is 0.274 e. The molecule has 0 aliphatic carbocycles. The highest BCUT2D eigenvalue weighted by Crippen LogP contribution is 2.12. The van der Waals surface area contributed by atoms with Crippen molar-refractivity contribution in [2.75, 3.05) is 26.7 Å². The molecule has 1 N–H and O–H groups in total. The Kier molecular flexibility index (Phi) is 4.23. The fraction of sp³-hybridized carbons (Fsp3) is 0.500. The Labute approximate surface area is 140 Å². The molecule has 1 aliphatic rings. The van der Waals surface area contributed by atoms with Gasteiger partial charge in [-0.25, -0.2) is 9.97 Å². The monoisotopic (exact) mass is 330 g/mol. The molecule has 1 atom stereocenters. The molecule has 2 aromatic rings. The summed E-state index contributed by atoms with van der Waals surface area (Å²) in [6, 6.07) is 3.24. The van der Waals surface area contributed by atoms with Crippen LogP contribution in [0.25, 0.3) is 5.95 Å². The molecule has 3 heterocycles. The van der Waals surface area contributed by atoms with Crippen LogP contribution >= 0.6 is 0 Å². The Morgan fingerprint density at radius 3 is 2.50 bits per heavy atom. The number of aromatic nitrogens is 4. The minimum Gasteiger partial charge on any atom is -0.332 e. The molecule has 8 heteroatoms. The summed E-state index contributed by atoms with van der Waals surface area (Å²) in [4.78, 5) is 37.5. The van der Waals surface area contributed by atoms with E-state index in [0.717, 1.165) is 24.5 Å². The van der Waals surface area contributed by atoms with Crippen molar-refractivity contribution in [1.82, 2.24) is 29.5 Å². The van der Waals surface area contributed by atoms with Crippen LogP contribution in [0.4, 0.5) is 0 Å². The number of hydrogen-bond acceptors (Lipinski definition) is 5. The molecule has 1 amide bonds. The van der Waals surface area contributed by atoms with Crippen LogP contribution in [0.3, 0.4) is 0 Å². The van der Waals surface area contributed by atoms with E-state index in [9.17, 15) is 9.59 Å². The topological polar surface area (TPSA) is 87.1 Å². The summed E-state index contributed by atoms with van der Waals surface area (Å²) in [6.07, 6.45) is 0. The van der Waals surface area contributed by atoms with E-state index in [4.69, 9.17) is 0 Å². The number of aryl methyl sites for hydroxylation is 2. The molecule has 0 spiro atoms. The normalized spacial score (nSPS) is 18.8. The molecule has 0 radical (unpaired) electrons. The average molecular weight is 330 g/mol. The van der Waals surface area contributed by atoms with Crippen molar-refractivity contribution in [1.29, 1.82) is 0 Å². The minimum absolute atomic E-state index is 0.0977. The zero-order chi connectivity index (χ0) is 17.4. The zero-order valence-corrected chi connectivity index (χ0v) is 14.4. The van der Waals surface area contributed by atoms with Crippen molar-refractivity contribution in [3.05, 3.63) is 39.6 Å². The second-order valence-electron chi connectivity index (χ2n) is 6.40. The largest absolute Gasteiger partial charge is 0.332 e. The van der Waals surface area contributed by atoms with Gasteiger partial charge in [0, 0.05) is 43.1 Å². The van der Waals surface area contributed by atoms with Crippen molar-refractivity contribution in [3.8, 4) is 5.95 Å². The van der Waals surface area contributed by atoms with E-state index >= 15 is 0 Å². The van der Waals surface area contributed by atoms with Crippen molar-refractivity contribution in [3.63, 3.8) is 0 Å². The number of H-pyrrole nitrogens is 1. The van der Waals surface area contributed by atoms with Gasteiger partial charge in [0.1, 0.15) is 5.69 Å². The number of amides is 1. The third-order valence-corrected chi connectivity index (χ3v) is 4.21. The van der Waals surface area contributed by atoms with Gasteiger partial charge >= 0.3 is 0 Å². The summed E-state index contributed by atoms with van der Waals surface area (Å²) in [7, 11) is 2.04. The van der Waals surface area contributed by atoms with Gasteiger partial charge in [-0.2, -0.15) is 4.68 Å². The summed E-state index contributed by atoms with van der Waals surface area (Å²) >= 11 is 0. The van der Waals surface area contributed by atoms with Crippen molar-refractivity contribution in [2.45, 2.75) is 26.8 Å². The van der Waals surface area contributed by atoms with Crippen LogP contribution in [0.5, 0.6) is 0 Å². The summed E-state index contributed by atoms with van der Waals surface area (Å²) in [5, 5.41) is 2.86. The average Bonchev–Trinajstić information content (AvgIpc) is 2.87. The molecule has 1 aliphatic heterocycles. The lowest BCUT2D eigenvalue weighted by Crippen LogP contribution is -2.52. The van der Waals surface area contributed by atoms with E-state index in [-0.39, 0.29) is 29.2 Å². The zero-order valence-electron chi connectivity index (χ0n) is 14.4. The Bertz CT molecular complexity index is 804. The van der Waals surface area contributed by atoms with Crippen molar-refractivity contribution in [2.24, 2.45) is 0 Å². The quantitative estimate of drug-likeness (QED) is 0.858. The first-order chi connectivity index (χ1) is 11.3. The Balaban J connectivity index is 1.91. The second-order valence-corrected chi connectivity index (χ2v) is 6.40. The maximum Gasteiger partial charge on any atom is 0.274 e. The molecule has 128 valence electrons. The predicted molar refractivity (Wildman–Crippen MR) is 89.4 cm³/mol. The maximum atomic E-state index is 12.7. The molecule has 3 rings (SSSR count). The van der Waals surface area contributed by atoms with Gasteiger partial charge in [-0.3, -0.25) is 14.7 Å². The SMILES string of the molecule is Cc1cc(C)nc(-n2[nH]c(C(=O)N3CCN(C)CC3C)cc2=O)n1. The molecule has 2 aromatic heterocycles. The predicted octanol–water partition coefficient (Wildman–Crippen LogP) is 0.349. The van der Waals surface area contributed by atoms with Gasteiger partial charge < -0.3 is 9.80 Å². The first-order valence-corrected chi connectivity index (χ1v) is 7.99. The van der Waals surface area contributed by atoms with E-state index in [1.54, 1.807) is 4.90 Å². The lowest BCUT2D eigenvalue weighted by molar-refractivity contribution is 0.0527. The number of carbonyl (C=O) groups is 1. The van der Waals surface area contributed by atoms with Gasteiger partial charge in [0.05, 0.1) is 0 Å². The molecule has 24 heavy (non-hydrogen) atoms. The number of aromatic amines is 1. The fourth-order valence-corrected chi connectivity index (χ4v) is 3.06. The maximum absolute atomic E-state index is 12.7. The Hall–Kier alpha value is -2.48. The van der Waals surface area contributed by atoms with Gasteiger partial charge in [-0.15, -0.1) is 0 Å². The van der Waals surface area contributed by atoms with Crippen LogP contribution in [0.1, 0.15) is 28.8 Å². The standard InChI is InChI=1S/C16H22N6O2/c1-10-7-11(2)18-16(17-10)22-14(23)8-13(19-22)15(24)21-6-5-20(4)9-12(21)3/h7-8,12,19H,5-6,9H2,1-4H3. The molecule has 0 saturated carbocycles. The van der Waals surface area contributed by atoms with E-state index in [1.165, 1.54) is 10.7 Å². The van der Waals surface area contributed by atoms with Gasteiger partial charge in [0.2, 0.25) is 0 Å². The molecule has 8 nitrogen and oxygen atoms in total. The lowest BCUT2D eigenvalue weighted by Gasteiger charge is -2.37. The van der Waals surface area contributed by atoms with Crippen LogP contribution in [-0.4, -0.2) is 68.2 Å². The number of nitrogens with one attached hydrogen (secondary N) is 1. The second kappa shape index (κ2) is 6.20. The number of piperazine rings is 1. The summed E-state index contributed by atoms with van der Waals surface area (Å²) in [6.45, 7) is 7.96. The lowest BCUT2D eigenvalue weighted by atomic mass is 10.2. The van der Waals surface area contributed by atoms with Crippen LogP contribution in [0, 0.1) is 13.8 Å². The van der Waals surface area contributed by atoms with E-state index < -0.39 is 0 Å². The number of nitrogens with zero attached hydrogens (tertiary/aromatic N) is 5. The van der Waals surface area contributed by atoms with Gasteiger partial charge in [0.25, 0.3) is 17.4 Å². The first kappa shape index (κ1) is 16.4. The van der Waals surface area contributed by atoms with E-state index in [1.807, 2.05) is 33.9 Å². The van der Waals surface area contributed by atoms with Crippen molar-refractivity contribution < 1.29 is 4.79 Å². The molecule has 0 bridgehead atoms. The Morgan fingerprint density at radius 2 is 1.88 bits per heavy atom. The van der Waals surface area contributed by atoms with Crippen LogP contribution in [0.15, 0.2) is 16.9 Å². The highest BCUT2D eigenvalue weighted by molar-refractivity contribution is 5.92. The summed E-state index contributed by atoms with van der Waals surface area (Å²) < 4.78 is 1.22. The first-order valence-electron chi connectivity index (χ1n) is 7.99.